The van der Waals surface area contributed by atoms with Gasteiger partial charge in [-0.15, -0.1) is 0 Å². The summed E-state index contributed by atoms with van der Waals surface area (Å²) in [6, 6.07) is 11.7. The summed E-state index contributed by atoms with van der Waals surface area (Å²) in [5.74, 6) is 0.389. The Morgan fingerprint density at radius 2 is 1.80 bits per heavy atom. The quantitative estimate of drug-likeness (QED) is 0.860. The van der Waals surface area contributed by atoms with Gasteiger partial charge in [0.05, 0.1) is 18.9 Å². The number of ether oxygens (including phenoxy) is 2. The van der Waals surface area contributed by atoms with Gasteiger partial charge in [-0.1, -0.05) is 18.2 Å². The number of aryl methyl sites for hydroxylation is 1. The summed E-state index contributed by atoms with van der Waals surface area (Å²) in [6.07, 6.45) is 1.74. The van der Waals surface area contributed by atoms with Crippen LogP contribution in [0.1, 0.15) is 29.0 Å². The molecule has 132 valence electrons. The summed E-state index contributed by atoms with van der Waals surface area (Å²) in [5, 5.41) is 4.53. The number of piperidine rings is 1. The number of hydrogen-bond donors (Lipinski definition) is 0. The summed E-state index contributed by atoms with van der Waals surface area (Å²) in [6.45, 7) is 4.78. The highest BCUT2D eigenvalue weighted by Crippen LogP contribution is 2.26. The van der Waals surface area contributed by atoms with Crippen LogP contribution in [0.2, 0.25) is 0 Å². The Bertz CT molecular complexity index is 730. The minimum atomic E-state index is -0.0863. The molecule has 1 aromatic heterocycles. The number of benzene rings is 1. The highest BCUT2D eigenvalue weighted by molar-refractivity contribution is 5.92. The van der Waals surface area contributed by atoms with E-state index in [9.17, 15) is 4.79 Å². The molecule has 0 radical (unpaired) electrons. The maximum Gasteiger partial charge on any atom is 0.274 e. The van der Waals surface area contributed by atoms with Crippen LogP contribution in [-0.2, 0) is 9.47 Å². The summed E-state index contributed by atoms with van der Waals surface area (Å²) in [4.78, 5) is 14.7. The van der Waals surface area contributed by atoms with Crippen molar-refractivity contribution in [3.05, 3.63) is 47.8 Å². The first-order valence-electron chi connectivity index (χ1n) is 8.87. The lowest BCUT2D eigenvalue weighted by atomic mass is 9.96. The fraction of sp³-hybridized carbons (Fsp3) is 0.474. The number of hydrogen-bond acceptors (Lipinski definition) is 4. The normalized spacial score (nSPS) is 19.5. The third-order valence-corrected chi connectivity index (χ3v) is 4.97. The lowest BCUT2D eigenvalue weighted by Crippen LogP contribution is -2.41. The van der Waals surface area contributed by atoms with E-state index in [1.807, 2.05) is 52.9 Å². The molecule has 3 heterocycles. The molecule has 0 N–H and O–H groups in total. The van der Waals surface area contributed by atoms with Crippen molar-refractivity contribution in [3.63, 3.8) is 0 Å². The first-order valence-corrected chi connectivity index (χ1v) is 8.87. The third-order valence-electron chi connectivity index (χ3n) is 4.97. The van der Waals surface area contributed by atoms with Gasteiger partial charge in [-0.2, -0.15) is 5.10 Å². The zero-order chi connectivity index (χ0) is 17.2. The molecule has 0 unspecified atom stereocenters. The molecular weight excluding hydrogens is 318 g/mol. The minimum absolute atomic E-state index is 0.00416. The number of aromatic nitrogens is 2. The number of para-hydroxylation sites is 1. The molecule has 2 aliphatic heterocycles. The predicted molar refractivity (Wildman–Crippen MR) is 92.6 cm³/mol. The summed E-state index contributed by atoms with van der Waals surface area (Å²) >= 11 is 0. The standard InChI is InChI=1S/C19H23N3O3/c1-14-13-17(20-22(14)16-5-3-2-4-6-16)18(23)21-9-7-15(8-10-21)19-24-11-12-25-19/h2-6,13,15,19H,7-12H2,1H3. The van der Waals surface area contributed by atoms with E-state index in [1.54, 1.807) is 0 Å². The van der Waals surface area contributed by atoms with Crippen molar-refractivity contribution in [1.29, 1.82) is 0 Å². The van der Waals surface area contributed by atoms with E-state index in [4.69, 9.17) is 9.47 Å². The maximum atomic E-state index is 12.8. The van der Waals surface area contributed by atoms with Crippen LogP contribution in [0.25, 0.3) is 5.69 Å². The van der Waals surface area contributed by atoms with Gasteiger partial charge in [0.25, 0.3) is 5.91 Å². The van der Waals surface area contributed by atoms with Gasteiger partial charge < -0.3 is 14.4 Å². The van der Waals surface area contributed by atoms with Crippen LogP contribution < -0.4 is 0 Å². The lowest BCUT2D eigenvalue weighted by Gasteiger charge is -2.33. The average Bonchev–Trinajstić information content (AvgIpc) is 3.32. The number of rotatable bonds is 3. The Morgan fingerprint density at radius 3 is 2.48 bits per heavy atom. The molecular formula is C19H23N3O3. The summed E-state index contributed by atoms with van der Waals surface area (Å²) < 4.78 is 13.0. The van der Waals surface area contributed by atoms with Gasteiger partial charge in [0.15, 0.2) is 12.0 Å². The molecule has 25 heavy (non-hydrogen) atoms. The number of amides is 1. The van der Waals surface area contributed by atoms with Crippen LogP contribution in [0.4, 0.5) is 0 Å². The van der Waals surface area contributed by atoms with E-state index in [-0.39, 0.29) is 12.2 Å². The Morgan fingerprint density at radius 1 is 1.12 bits per heavy atom. The topological polar surface area (TPSA) is 56.6 Å². The number of carbonyl (C=O) groups excluding carboxylic acids is 1. The number of likely N-dealkylation sites (tertiary alicyclic amines) is 1. The van der Waals surface area contributed by atoms with Crippen LogP contribution in [0.5, 0.6) is 0 Å². The van der Waals surface area contributed by atoms with Gasteiger partial charge in [-0.05, 0) is 38.0 Å². The second-order valence-corrected chi connectivity index (χ2v) is 6.66. The predicted octanol–water partition coefficient (Wildman–Crippen LogP) is 2.41. The SMILES string of the molecule is Cc1cc(C(=O)N2CCC(C3OCCO3)CC2)nn1-c1ccccc1. The van der Waals surface area contributed by atoms with E-state index >= 15 is 0 Å². The fourth-order valence-electron chi connectivity index (χ4n) is 3.60. The van der Waals surface area contributed by atoms with Crippen molar-refractivity contribution in [2.24, 2.45) is 5.92 Å². The van der Waals surface area contributed by atoms with Gasteiger partial charge in [0.2, 0.25) is 0 Å². The zero-order valence-electron chi connectivity index (χ0n) is 14.4. The Labute approximate surface area is 147 Å². The van der Waals surface area contributed by atoms with Crippen LogP contribution >= 0.6 is 0 Å². The molecule has 0 saturated carbocycles. The van der Waals surface area contributed by atoms with Gasteiger partial charge in [0, 0.05) is 24.7 Å². The lowest BCUT2D eigenvalue weighted by molar-refractivity contribution is -0.0956. The molecule has 0 bridgehead atoms. The van der Waals surface area contributed by atoms with Gasteiger partial charge in [-0.25, -0.2) is 4.68 Å². The van der Waals surface area contributed by atoms with Crippen molar-refractivity contribution >= 4 is 5.91 Å². The van der Waals surface area contributed by atoms with Crippen molar-refractivity contribution in [2.75, 3.05) is 26.3 Å². The third kappa shape index (κ3) is 3.32. The van der Waals surface area contributed by atoms with Crippen molar-refractivity contribution in [1.82, 2.24) is 14.7 Å². The zero-order valence-corrected chi connectivity index (χ0v) is 14.4. The van der Waals surface area contributed by atoms with E-state index in [0.29, 0.717) is 24.8 Å². The van der Waals surface area contributed by atoms with Crippen LogP contribution in [0, 0.1) is 12.8 Å². The minimum Gasteiger partial charge on any atom is -0.350 e. The van der Waals surface area contributed by atoms with Gasteiger partial charge in [-0.3, -0.25) is 4.79 Å². The second-order valence-electron chi connectivity index (χ2n) is 6.66. The van der Waals surface area contributed by atoms with Crippen molar-refractivity contribution < 1.29 is 14.3 Å². The highest BCUT2D eigenvalue weighted by atomic mass is 16.7. The second kappa shape index (κ2) is 6.98. The smallest absolute Gasteiger partial charge is 0.274 e. The first-order chi connectivity index (χ1) is 12.2. The molecule has 2 aliphatic rings. The summed E-state index contributed by atoms with van der Waals surface area (Å²) in [5.41, 5.74) is 2.43. The average molecular weight is 341 g/mol. The molecule has 2 aromatic rings. The fourth-order valence-corrected chi connectivity index (χ4v) is 3.60. The van der Waals surface area contributed by atoms with Gasteiger partial charge in [0.1, 0.15) is 0 Å². The molecule has 1 amide bonds. The molecule has 2 fully saturated rings. The molecule has 6 heteroatoms. The molecule has 0 atom stereocenters. The van der Waals surface area contributed by atoms with Crippen molar-refractivity contribution in [2.45, 2.75) is 26.1 Å². The largest absolute Gasteiger partial charge is 0.350 e. The summed E-state index contributed by atoms with van der Waals surface area (Å²) in [7, 11) is 0. The first kappa shape index (κ1) is 16.3. The molecule has 2 saturated heterocycles. The Kier molecular flexibility index (Phi) is 4.55. The van der Waals surface area contributed by atoms with Crippen LogP contribution in [0.3, 0.4) is 0 Å². The van der Waals surface area contributed by atoms with Crippen molar-refractivity contribution in [3.8, 4) is 5.69 Å². The number of nitrogens with zero attached hydrogens (tertiary/aromatic N) is 3. The molecule has 0 aliphatic carbocycles. The maximum absolute atomic E-state index is 12.8. The van der Waals surface area contributed by atoms with E-state index < -0.39 is 0 Å². The number of carbonyl (C=O) groups is 1. The Balaban J connectivity index is 1.43. The monoisotopic (exact) mass is 341 g/mol. The van der Waals surface area contributed by atoms with E-state index in [2.05, 4.69) is 5.10 Å². The highest BCUT2D eigenvalue weighted by Gasteiger charge is 2.32. The van der Waals surface area contributed by atoms with E-state index in [1.165, 1.54) is 0 Å². The molecule has 4 rings (SSSR count). The molecule has 1 aromatic carbocycles. The molecule has 0 spiro atoms. The van der Waals surface area contributed by atoms with Gasteiger partial charge >= 0.3 is 0 Å². The van der Waals surface area contributed by atoms with Crippen LogP contribution in [-0.4, -0.2) is 53.2 Å². The molecule has 6 nitrogen and oxygen atoms in total. The Hall–Kier alpha value is -2.18. The van der Waals surface area contributed by atoms with E-state index in [0.717, 1.165) is 37.3 Å². The van der Waals surface area contributed by atoms with Crippen LogP contribution in [0.15, 0.2) is 36.4 Å².